The Morgan fingerprint density at radius 3 is 2.38 bits per heavy atom. The number of carbonyl (C=O) groups is 3. The molecule has 0 bridgehead atoms. The fourth-order valence-corrected chi connectivity index (χ4v) is 4.60. The topological polar surface area (TPSA) is 142 Å². The van der Waals surface area contributed by atoms with Crippen molar-refractivity contribution >= 4 is 23.5 Å². The maximum atomic E-state index is 12.8. The third-order valence-electron chi connectivity index (χ3n) is 6.52. The van der Waals surface area contributed by atoms with Crippen molar-refractivity contribution in [3.63, 3.8) is 0 Å². The Kier molecular flexibility index (Phi) is 8.47. The van der Waals surface area contributed by atoms with Crippen molar-refractivity contribution in [2.24, 2.45) is 0 Å². The van der Waals surface area contributed by atoms with Crippen LogP contribution in [0.25, 0.3) is 11.1 Å². The molecule has 3 N–H and O–H groups in total. The molecule has 1 unspecified atom stereocenters. The van der Waals surface area contributed by atoms with E-state index in [1.165, 1.54) is 30.0 Å². The molecule has 2 amide bonds. The quantitative estimate of drug-likeness (QED) is 0.143. The van der Waals surface area contributed by atoms with Crippen molar-refractivity contribution in [2.75, 3.05) is 19.6 Å². The number of rotatable bonds is 11. The third kappa shape index (κ3) is 6.36. The number of carbonyl (C=O) groups excluding carboxylic acids is 2. The Morgan fingerprint density at radius 2 is 1.72 bits per heavy atom. The molecule has 3 aromatic rings. The van der Waals surface area contributed by atoms with Crippen LogP contribution in [0.5, 0.6) is 0 Å². The number of nitro benzene ring substituents is 1. The molecule has 1 atom stereocenters. The minimum atomic E-state index is -1.23. The summed E-state index contributed by atoms with van der Waals surface area (Å²) in [5, 5.41) is 26.8. The second kappa shape index (κ2) is 12.1. The van der Waals surface area contributed by atoms with Crippen molar-refractivity contribution in [1.29, 1.82) is 0 Å². The van der Waals surface area contributed by atoms with Crippen molar-refractivity contribution in [3.8, 4) is 11.1 Å². The lowest BCUT2D eigenvalue weighted by molar-refractivity contribution is -0.384. The maximum absolute atomic E-state index is 12.8. The first kappa shape index (κ1) is 27.2. The maximum Gasteiger partial charge on any atom is 0.335 e. The molecule has 0 saturated carbocycles. The van der Waals surface area contributed by atoms with Gasteiger partial charge in [0, 0.05) is 29.9 Å². The number of allylic oxidation sites excluding steroid dienone is 1. The SMILES string of the molecule is CC1=C(C(=O)O)C(c2cccc([N+](=O)[O-])c2)N(CCCNCC(=O)c2ccc(-c3ccccc3)cc2)C(=O)N1. The van der Waals surface area contributed by atoms with E-state index in [1.54, 1.807) is 18.2 Å². The zero-order valence-corrected chi connectivity index (χ0v) is 21.3. The van der Waals surface area contributed by atoms with Gasteiger partial charge in [-0.2, -0.15) is 0 Å². The van der Waals surface area contributed by atoms with E-state index in [1.807, 2.05) is 42.5 Å². The molecule has 0 aromatic heterocycles. The van der Waals surface area contributed by atoms with Gasteiger partial charge in [0.05, 0.1) is 23.1 Å². The first-order chi connectivity index (χ1) is 18.8. The Bertz CT molecular complexity index is 1420. The number of nitro groups is 1. The molecular formula is C29H28N4O6. The third-order valence-corrected chi connectivity index (χ3v) is 6.52. The largest absolute Gasteiger partial charge is 0.478 e. The number of amides is 2. The van der Waals surface area contributed by atoms with Crippen LogP contribution in [-0.2, 0) is 4.79 Å². The number of hydrogen-bond donors (Lipinski definition) is 3. The number of benzene rings is 3. The van der Waals surface area contributed by atoms with Crippen molar-refractivity contribution < 1.29 is 24.4 Å². The standard InChI is InChI=1S/C29H28N4O6/c1-19-26(28(35)36)27(23-9-5-10-24(17-23)33(38)39)32(29(37)31-19)16-6-15-30-18-25(34)22-13-11-21(12-14-22)20-7-3-2-4-8-20/h2-5,7-14,17,27,30H,6,15-16,18H2,1H3,(H,31,37)(H,35,36). The zero-order chi connectivity index (χ0) is 27.9. The lowest BCUT2D eigenvalue weighted by atomic mass is 9.93. The first-order valence-electron chi connectivity index (χ1n) is 12.4. The number of aliphatic carboxylic acids is 1. The van der Waals surface area contributed by atoms with E-state index < -0.39 is 23.0 Å². The van der Waals surface area contributed by atoms with Gasteiger partial charge in [-0.05, 0) is 36.6 Å². The van der Waals surface area contributed by atoms with Crippen molar-refractivity contribution in [3.05, 3.63) is 111 Å². The summed E-state index contributed by atoms with van der Waals surface area (Å²) in [7, 11) is 0. The Morgan fingerprint density at radius 1 is 1.03 bits per heavy atom. The fourth-order valence-electron chi connectivity index (χ4n) is 4.60. The van der Waals surface area contributed by atoms with Gasteiger partial charge >= 0.3 is 12.0 Å². The Balaban J connectivity index is 1.38. The molecule has 10 heteroatoms. The molecule has 1 aliphatic rings. The number of urea groups is 1. The van der Waals surface area contributed by atoms with E-state index in [0.29, 0.717) is 24.1 Å². The summed E-state index contributed by atoms with van der Waals surface area (Å²) in [4.78, 5) is 49.6. The van der Waals surface area contributed by atoms with E-state index in [9.17, 15) is 29.6 Å². The van der Waals surface area contributed by atoms with Gasteiger partial charge in [-0.25, -0.2) is 9.59 Å². The Labute approximate surface area is 225 Å². The fraction of sp³-hybridized carbons (Fsp3) is 0.207. The normalized spacial score (nSPS) is 15.2. The number of Topliss-reactive ketones (excluding diaryl/α,β-unsaturated/α-hetero) is 1. The van der Waals surface area contributed by atoms with Crippen LogP contribution in [0.3, 0.4) is 0 Å². The minimum absolute atomic E-state index is 0.0582. The molecule has 0 aliphatic carbocycles. The van der Waals surface area contributed by atoms with Crippen LogP contribution in [-0.4, -0.2) is 52.3 Å². The summed E-state index contributed by atoms with van der Waals surface area (Å²) in [5.41, 5.74) is 2.92. The molecule has 0 fully saturated rings. The summed E-state index contributed by atoms with van der Waals surface area (Å²) in [5.74, 6) is -1.30. The highest BCUT2D eigenvalue weighted by atomic mass is 16.6. The summed E-state index contributed by atoms with van der Waals surface area (Å²) < 4.78 is 0. The van der Waals surface area contributed by atoms with E-state index in [-0.39, 0.29) is 35.8 Å². The highest BCUT2D eigenvalue weighted by Crippen LogP contribution is 2.35. The van der Waals surface area contributed by atoms with Gasteiger partial charge in [0.25, 0.3) is 5.69 Å². The number of hydrogen-bond acceptors (Lipinski definition) is 6. The monoisotopic (exact) mass is 528 g/mol. The molecule has 1 heterocycles. The van der Waals surface area contributed by atoms with Gasteiger partial charge in [0.2, 0.25) is 0 Å². The van der Waals surface area contributed by atoms with Crippen LogP contribution in [0.4, 0.5) is 10.5 Å². The van der Waals surface area contributed by atoms with Gasteiger partial charge in [-0.1, -0.05) is 66.7 Å². The number of carboxylic acids is 1. The Hall–Kier alpha value is -4.83. The average molecular weight is 529 g/mol. The molecule has 39 heavy (non-hydrogen) atoms. The summed E-state index contributed by atoms with van der Waals surface area (Å²) in [6.07, 6.45) is 0.422. The summed E-state index contributed by atoms with van der Waals surface area (Å²) in [6, 6.07) is 21.4. The predicted octanol–water partition coefficient (Wildman–Crippen LogP) is 4.55. The van der Waals surface area contributed by atoms with Crippen molar-refractivity contribution in [2.45, 2.75) is 19.4 Å². The lowest BCUT2D eigenvalue weighted by Crippen LogP contribution is -2.49. The zero-order valence-electron chi connectivity index (χ0n) is 21.3. The molecule has 1 aliphatic heterocycles. The van der Waals surface area contributed by atoms with Gasteiger partial charge in [0.15, 0.2) is 5.78 Å². The van der Waals surface area contributed by atoms with E-state index in [2.05, 4.69) is 10.6 Å². The summed E-state index contributed by atoms with van der Waals surface area (Å²) >= 11 is 0. The van der Waals surface area contributed by atoms with Crippen LogP contribution >= 0.6 is 0 Å². The van der Waals surface area contributed by atoms with E-state index >= 15 is 0 Å². The number of non-ortho nitro benzene ring substituents is 1. The van der Waals surface area contributed by atoms with Crippen LogP contribution in [0.1, 0.15) is 35.3 Å². The van der Waals surface area contributed by atoms with Crippen LogP contribution in [0.2, 0.25) is 0 Å². The van der Waals surface area contributed by atoms with Crippen LogP contribution in [0, 0.1) is 10.1 Å². The van der Waals surface area contributed by atoms with Gasteiger partial charge in [0.1, 0.15) is 0 Å². The highest BCUT2D eigenvalue weighted by Gasteiger charge is 2.38. The average Bonchev–Trinajstić information content (AvgIpc) is 2.93. The number of ketones is 1. The molecule has 200 valence electrons. The molecule has 4 rings (SSSR count). The molecule has 0 spiro atoms. The van der Waals surface area contributed by atoms with Gasteiger partial charge in [-0.3, -0.25) is 14.9 Å². The molecular weight excluding hydrogens is 500 g/mol. The number of nitrogens with zero attached hydrogens (tertiary/aromatic N) is 2. The van der Waals surface area contributed by atoms with E-state index in [4.69, 9.17) is 0 Å². The molecule has 0 saturated heterocycles. The predicted molar refractivity (Wildman–Crippen MR) is 145 cm³/mol. The highest BCUT2D eigenvalue weighted by molar-refractivity contribution is 5.98. The number of carboxylic acid groups (broad SMARTS) is 1. The van der Waals surface area contributed by atoms with Crippen LogP contribution < -0.4 is 10.6 Å². The van der Waals surface area contributed by atoms with Gasteiger partial charge in [-0.15, -0.1) is 0 Å². The number of nitrogens with one attached hydrogen (secondary N) is 2. The van der Waals surface area contributed by atoms with E-state index in [0.717, 1.165) is 11.1 Å². The van der Waals surface area contributed by atoms with Gasteiger partial charge < -0.3 is 20.6 Å². The smallest absolute Gasteiger partial charge is 0.335 e. The molecule has 10 nitrogen and oxygen atoms in total. The molecule has 0 radical (unpaired) electrons. The lowest BCUT2D eigenvalue weighted by Gasteiger charge is -2.37. The second-order valence-corrected chi connectivity index (χ2v) is 9.12. The molecule has 3 aromatic carbocycles. The van der Waals surface area contributed by atoms with Crippen LogP contribution in [0.15, 0.2) is 90.1 Å². The minimum Gasteiger partial charge on any atom is -0.478 e. The summed E-state index contributed by atoms with van der Waals surface area (Å²) in [6.45, 7) is 2.15. The van der Waals surface area contributed by atoms with Crippen molar-refractivity contribution in [1.82, 2.24) is 15.5 Å². The second-order valence-electron chi connectivity index (χ2n) is 9.12. The first-order valence-corrected chi connectivity index (χ1v) is 12.4.